The van der Waals surface area contributed by atoms with Gasteiger partial charge < -0.3 is 9.47 Å². The Morgan fingerprint density at radius 2 is 1.29 bits per heavy atom. The zero-order valence-corrected chi connectivity index (χ0v) is 18.3. The Labute approximate surface area is 171 Å². The van der Waals surface area contributed by atoms with E-state index in [0.29, 0.717) is 13.2 Å². The summed E-state index contributed by atoms with van der Waals surface area (Å²) < 4.78 is 10.5. The van der Waals surface area contributed by atoms with Crippen LogP contribution in [0.15, 0.2) is 60.9 Å². The minimum Gasteiger partial charge on any atom is -0.496 e. The molecule has 2 aromatic carbocycles. The van der Waals surface area contributed by atoms with Gasteiger partial charge in [-0.2, -0.15) is 0 Å². The molecule has 0 amide bonds. The Kier molecular flexibility index (Phi) is 11.5. The van der Waals surface area contributed by atoms with Crippen LogP contribution in [0.3, 0.4) is 0 Å². The van der Waals surface area contributed by atoms with Crippen LogP contribution in [0.2, 0.25) is 0 Å². The Bertz CT molecular complexity index is 658. The molecule has 4 rings (SSSR count). The van der Waals surface area contributed by atoms with Gasteiger partial charge in [-0.25, -0.2) is 0 Å². The molecule has 0 unspecified atom stereocenters. The van der Waals surface area contributed by atoms with E-state index in [0.717, 1.165) is 17.6 Å². The van der Waals surface area contributed by atoms with E-state index >= 15 is 0 Å². The molecule has 0 radical (unpaired) electrons. The molecule has 2 aromatic rings. The van der Waals surface area contributed by atoms with Crippen molar-refractivity contribution in [1.82, 2.24) is 0 Å². The van der Waals surface area contributed by atoms with Gasteiger partial charge in [0.1, 0.15) is 19.0 Å². The number of benzene rings is 2. The fourth-order valence-corrected chi connectivity index (χ4v) is 2.15. The van der Waals surface area contributed by atoms with E-state index in [9.17, 15) is 0 Å². The number of fused-ring (bicyclic) bond motifs is 2. The standard InChI is InChI=1S/2C9H8O.2C4H10/c1-2-6-9-8(4-1)5-3-7-10-9;1-2-4-9-7-10-6-5-8(9)3-1;2*1-4(2)3/h2*1-6H,7H2;2*4H,1-3H3. The first-order valence-corrected chi connectivity index (χ1v) is 10.1. The average molecular weight is 381 g/mol. The summed E-state index contributed by atoms with van der Waals surface area (Å²) >= 11 is 0. The van der Waals surface area contributed by atoms with E-state index in [1.165, 1.54) is 16.7 Å². The van der Waals surface area contributed by atoms with Crippen molar-refractivity contribution in [3.63, 3.8) is 0 Å². The minimum atomic E-state index is 0.705. The molecule has 0 bridgehead atoms. The SMILES string of the molecule is C1=Cc2ccccc2CO1.C1=Cc2ccccc2OC1.CC(C)C.CC(C)C. The largest absolute Gasteiger partial charge is 0.496 e. The van der Waals surface area contributed by atoms with Crippen molar-refractivity contribution in [3.8, 4) is 5.75 Å². The Morgan fingerprint density at radius 3 is 1.89 bits per heavy atom. The van der Waals surface area contributed by atoms with Gasteiger partial charge >= 0.3 is 0 Å². The van der Waals surface area contributed by atoms with Crippen molar-refractivity contribution in [2.24, 2.45) is 11.8 Å². The predicted molar refractivity (Wildman–Crippen MR) is 122 cm³/mol. The summed E-state index contributed by atoms with van der Waals surface area (Å²) in [4.78, 5) is 0. The topological polar surface area (TPSA) is 18.5 Å². The van der Waals surface area contributed by atoms with Gasteiger partial charge in [0.2, 0.25) is 0 Å². The molecule has 2 heteroatoms. The van der Waals surface area contributed by atoms with Gasteiger partial charge in [-0.15, -0.1) is 0 Å². The zero-order chi connectivity index (χ0) is 20.8. The quantitative estimate of drug-likeness (QED) is 0.468. The number of rotatable bonds is 0. The van der Waals surface area contributed by atoms with Crippen LogP contribution >= 0.6 is 0 Å². The van der Waals surface area contributed by atoms with Crippen LogP contribution in [0.5, 0.6) is 5.75 Å². The number of ether oxygens (including phenoxy) is 2. The van der Waals surface area contributed by atoms with Crippen LogP contribution in [0.25, 0.3) is 12.2 Å². The maximum Gasteiger partial charge on any atom is 0.126 e. The molecular formula is C26H36O2. The van der Waals surface area contributed by atoms with Gasteiger partial charge in [0.25, 0.3) is 0 Å². The summed E-state index contributed by atoms with van der Waals surface area (Å²) in [5.74, 6) is 2.66. The second-order valence-electron chi connectivity index (χ2n) is 8.03. The third-order valence-corrected chi connectivity index (χ3v) is 3.19. The summed E-state index contributed by atoms with van der Waals surface area (Å²) in [6.07, 6.45) is 7.82. The molecule has 0 atom stereocenters. The van der Waals surface area contributed by atoms with E-state index in [-0.39, 0.29) is 0 Å². The molecule has 2 nitrogen and oxygen atoms in total. The molecule has 0 aromatic heterocycles. The van der Waals surface area contributed by atoms with E-state index in [2.05, 4.69) is 59.8 Å². The van der Waals surface area contributed by atoms with Crippen molar-refractivity contribution in [2.75, 3.05) is 6.61 Å². The smallest absolute Gasteiger partial charge is 0.126 e. The number of para-hydroxylation sites is 1. The molecular weight excluding hydrogens is 344 g/mol. The van der Waals surface area contributed by atoms with E-state index in [1.807, 2.05) is 48.6 Å². The first-order valence-electron chi connectivity index (χ1n) is 10.1. The molecule has 152 valence electrons. The maximum absolute atomic E-state index is 5.34. The van der Waals surface area contributed by atoms with E-state index < -0.39 is 0 Å². The van der Waals surface area contributed by atoms with Crippen molar-refractivity contribution < 1.29 is 9.47 Å². The van der Waals surface area contributed by atoms with Crippen LogP contribution in [0.4, 0.5) is 0 Å². The normalized spacial score (nSPS) is 12.6. The van der Waals surface area contributed by atoms with Gasteiger partial charge in [-0.1, -0.05) is 90.1 Å². The van der Waals surface area contributed by atoms with Gasteiger partial charge in [0.05, 0.1) is 6.26 Å². The van der Waals surface area contributed by atoms with E-state index in [4.69, 9.17) is 9.47 Å². The van der Waals surface area contributed by atoms with Crippen LogP contribution in [0, 0.1) is 11.8 Å². The third kappa shape index (κ3) is 10.6. The van der Waals surface area contributed by atoms with Gasteiger partial charge in [0, 0.05) is 5.56 Å². The second kappa shape index (κ2) is 13.7. The highest BCUT2D eigenvalue weighted by Gasteiger charge is 2.01. The lowest BCUT2D eigenvalue weighted by atomic mass is 10.1. The number of hydrogen-bond donors (Lipinski definition) is 0. The summed E-state index contributed by atoms with van der Waals surface area (Å²) in [5, 5.41) is 0. The summed E-state index contributed by atoms with van der Waals surface area (Å²) in [6.45, 7) is 14.4. The fourth-order valence-electron chi connectivity index (χ4n) is 2.15. The number of hydrogen-bond acceptors (Lipinski definition) is 2. The summed E-state index contributed by atoms with van der Waals surface area (Å²) in [5.41, 5.74) is 3.72. The van der Waals surface area contributed by atoms with Crippen LogP contribution in [0.1, 0.15) is 58.2 Å². The molecule has 2 aliphatic rings. The average Bonchev–Trinajstić information content (AvgIpc) is 2.68. The minimum absolute atomic E-state index is 0.705. The monoisotopic (exact) mass is 380 g/mol. The molecule has 2 aliphatic heterocycles. The van der Waals surface area contributed by atoms with Crippen LogP contribution < -0.4 is 4.74 Å². The van der Waals surface area contributed by atoms with Crippen molar-refractivity contribution in [1.29, 1.82) is 0 Å². The fraction of sp³-hybridized carbons (Fsp3) is 0.385. The van der Waals surface area contributed by atoms with Gasteiger partial charge in [-0.05, 0) is 41.2 Å². The lowest BCUT2D eigenvalue weighted by molar-refractivity contribution is 0.234. The predicted octanol–water partition coefficient (Wildman–Crippen LogP) is 7.60. The maximum atomic E-state index is 5.34. The molecule has 0 aliphatic carbocycles. The van der Waals surface area contributed by atoms with E-state index in [1.54, 1.807) is 6.26 Å². The van der Waals surface area contributed by atoms with Gasteiger partial charge in [-0.3, -0.25) is 0 Å². The lowest BCUT2D eigenvalue weighted by Gasteiger charge is -2.10. The second-order valence-corrected chi connectivity index (χ2v) is 8.03. The van der Waals surface area contributed by atoms with Crippen molar-refractivity contribution in [2.45, 2.75) is 48.1 Å². The molecule has 0 N–H and O–H groups in total. The lowest BCUT2D eigenvalue weighted by Crippen LogP contribution is -1.98. The van der Waals surface area contributed by atoms with Gasteiger partial charge in [0.15, 0.2) is 0 Å². The van der Waals surface area contributed by atoms with Crippen LogP contribution in [-0.2, 0) is 11.3 Å². The Morgan fingerprint density at radius 1 is 0.714 bits per heavy atom. The van der Waals surface area contributed by atoms with Crippen molar-refractivity contribution >= 4 is 12.2 Å². The van der Waals surface area contributed by atoms with Crippen molar-refractivity contribution in [3.05, 3.63) is 77.6 Å². The summed E-state index contributed by atoms with van der Waals surface area (Å²) in [6, 6.07) is 16.3. The first kappa shape index (κ1) is 23.6. The molecule has 0 spiro atoms. The highest BCUT2D eigenvalue weighted by atomic mass is 16.5. The van der Waals surface area contributed by atoms with Crippen LogP contribution in [-0.4, -0.2) is 6.61 Å². The Balaban J connectivity index is 0.000000206. The molecule has 0 saturated heterocycles. The zero-order valence-electron chi connectivity index (χ0n) is 18.3. The molecule has 28 heavy (non-hydrogen) atoms. The molecule has 2 heterocycles. The Hall–Kier alpha value is -2.48. The third-order valence-electron chi connectivity index (χ3n) is 3.19. The first-order chi connectivity index (χ1) is 13.4. The highest BCUT2D eigenvalue weighted by molar-refractivity contribution is 5.58. The molecule has 0 saturated carbocycles. The molecule has 0 fully saturated rings. The highest BCUT2D eigenvalue weighted by Crippen LogP contribution is 2.21. The summed E-state index contributed by atoms with van der Waals surface area (Å²) in [7, 11) is 0.